The normalized spacial score (nSPS) is 11.1. The third-order valence-corrected chi connectivity index (χ3v) is 2.07. The summed E-state index contributed by atoms with van der Waals surface area (Å²) in [4.78, 5) is 15.2. The van der Waals surface area contributed by atoms with Crippen molar-refractivity contribution >= 4 is 5.97 Å². The van der Waals surface area contributed by atoms with Gasteiger partial charge in [-0.25, -0.2) is 4.79 Å². The Bertz CT molecular complexity index is 186. The molecule has 0 aromatic heterocycles. The van der Waals surface area contributed by atoms with Crippen LogP contribution in [-0.2, 0) is 14.3 Å². The van der Waals surface area contributed by atoms with Crippen LogP contribution in [-0.4, -0.2) is 76.4 Å². The molecule has 5 nitrogen and oxygen atoms in total. The monoisotopic (exact) mass is 232 g/mol. The van der Waals surface area contributed by atoms with E-state index >= 15 is 0 Å². The molecule has 5 heteroatoms. The van der Waals surface area contributed by atoms with Gasteiger partial charge in [-0.3, -0.25) is 0 Å². The van der Waals surface area contributed by atoms with Gasteiger partial charge in [0.15, 0.2) is 0 Å². The van der Waals surface area contributed by atoms with E-state index in [1.165, 1.54) is 0 Å². The van der Waals surface area contributed by atoms with E-state index in [9.17, 15) is 4.79 Å². The van der Waals surface area contributed by atoms with Gasteiger partial charge in [0.25, 0.3) is 0 Å². The largest absolute Gasteiger partial charge is 0.464 e. The van der Waals surface area contributed by atoms with Crippen LogP contribution in [0.25, 0.3) is 0 Å². The maximum absolute atomic E-state index is 10.9. The molecule has 0 atom stereocenters. The van der Waals surface area contributed by atoms with Crippen LogP contribution < -0.4 is 0 Å². The minimum absolute atomic E-state index is 0.0510. The lowest BCUT2D eigenvalue weighted by Gasteiger charge is -2.18. The molecule has 0 spiro atoms. The molecular formula is C11H24N2O3. The first-order chi connectivity index (χ1) is 7.56. The lowest BCUT2D eigenvalue weighted by Crippen LogP contribution is -2.31. The Balaban J connectivity index is 3.33. The fourth-order valence-electron chi connectivity index (χ4n) is 1.06. The summed E-state index contributed by atoms with van der Waals surface area (Å²) in [6.45, 7) is 5.65. The third kappa shape index (κ3) is 9.89. The van der Waals surface area contributed by atoms with Gasteiger partial charge in [-0.2, -0.15) is 0 Å². The molecular weight excluding hydrogens is 208 g/mol. The first-order valence-corrected chi connectivity index (χ1v) is 5.63. The third-order valence-electron chi connectivity index (χ3n) is 2.07. The van der Waals surface area contributed by atoms with Crippen LogP contribution in [0.4, 0.5) is 0 Å². The minimum atomic E-state index is -0.293. The molecule has 0 radical (unpaired) electrons. The Morgan fingerprint density at radius 2 is 1.81 bits per heavy atom. The van der Waals surface area contributed by atoms with Gasteiger partial charge in [-0.15, -0.1) is 0 Å². The first-order valence-electron chi connectivity index (χ1n) is 5.63. The molecule has 0 rings (SSSR count). The lowest BCUT2D eigenvalue weighted by molar-refractivity contribution is -0.148. The van der Waals surface area contributed by atoms with Gasteiger partial charge in [0.2, 0.25) is 0 Å². The van der Waals surface area contributed by atoms with Gasteiger partial charge in [-0.1, -0.05) is 0 Å². The molecule has 0 amide bonds. The van der Waals surface area contributed by atoms with E-state index in [0.717, 1.165) is 19.6 Å². The van der Waals surface area contributed by atoms with Gasteiger partial charge >= 0.3 is 5.97 Å². The van der Waals surface area contributed by atoms with E-state index in [1.54, 1.807) is 6.92 Å². The SMILES string of the molecule is CCOC(=O)COCCN(C)CCN(C)C. The summed E-state index contributed by atoms with van der Waals surface area (Å²) in [5.74, 6) is -0.293. The number of nitrogens with zero attached hydrogens (tertiary/aromatic N) is 2. The first kappa shape index (κ1) is 15.3. The molecule has 16 heavy (non-hydrogen) atoms. The van der Waals surface area contributed by atoms with Crippen LogP contribution >= 0.6 is 0 Å². The molecule has 0 saturated heterocycles. The van der Waals surface area contributed by atoms with E-state index < -0.39 is 0 Å². The average Bonchev–Trinajstić information content (AvgIpc) is 2.22. The van der Waals surface area contributed by atoms with Gasteiger partial charge in [-0.05, 0) is 28.1 Å². The van der Waals surface area contributed by atoms with Crippen LogP contribution in [0.3, 0.4) is 0 Å². The molecule has 96 valence electrons. The van der Waals surface area contributed by atoms with Crippen molar-refractivity contribution in [1.29, 1.82) is 0 Å². The van der Waals surface area contributed by atoms with Crippen LogP contribution in [0.1, 0.15) is 6.92 Å². The van der Waals surface area contributed by atoms with Gasteiger partial charge in [0, 0.05) is 19.6 Å². The van der Waals surface area contributed by atoms with Crippen molar-refractivity contribution < 1.29 is 14.3 Å². The van der Waals surface area contributed by atoms with Crippen molar-refractivity contribution in [2.75, 3.05) is 60.6 Å². The highest BCUT2D eigenvalue weighted by Crippen LogP contribution is 1.86. The van der Waals surface area contributed by atoms with Gasteiger partial charge < -0.3 is 19.3 Å². The highest BCUT2D eigenvalue weighted by atomic mass is 16.6. The molecule has 0 bridgehead atoms. The zero-order valence-corrected chi connectivity index (χ0v) is 10.9. The number of ether oxygens (including phenoxy) is 2. The van der Waals surface area contributed by atoms with Crippen LogP contribution in [0.2, 0.25) is 0 Å². The molecule has 0 aliphatic heterocycles. The standard InChI is InChI=1S/C11H24N2O3/c1-5-16-11(14)10-15-9-8-13(4)7-6-12(2)3/h5-10H2,1-4H3. The number of hydrogen-bond acceptors (Lipinski definition) is 5. The summed E-state index contributed by atoms with van der Waals surface area (Å²) in [6.07, 6.45) is 0. The molecule has 0 aromatic carbocycles. The summed E-state index contributed by atoms with van der Waals surface area (Å²) in [7, 11) is 6.13. The molecule has 0 saturated carbocycles. The Morgan fingerprint density at radius 3 is 2.38 bits per heavy atom. The van der Waals surface area contributed by atoms with Crippen LogP contribution in [0, 0.1) is 0 Å². The quantitative estimate of drug-likeness (QED) is 0.415. The van der Waals surface area contributed by atoms with Crippen molar-refractivity contribution in [3.8, 4) is 0 Å². The van der Waals surface area contributed by atoms with Crippen LogP contribution in [0.5, 0.6) is 0 Å². The average molecular weight is 232 g/mol. The highest BCUT2D eigenvalue weighted by Gasteiger charge is 2.02. The number of esters is 1. The summed E-state index contributed by atoms with van der Waals surface area (Å²) >= 11 is 0. The minimum Gasteiger partial charge on any atom is -0.464 e. The number of likely N-dealkylation sites (N-methyl/N-ethyl adjacent to an activating group) is 2. The molecule has 0 N–H and O–H groups in total. The fraction of sp³-hybridized carbons (Fsp3) is 0.909. The fourth-order valence-corrected chi connectivity index (χ4v) is 1.06. The van der Waals surface area contributed by atoms with Crippen molar-refractivity contribution in [1.82, 2.24) is 9.80 Å². The lowest BCUT2D eigenvalue weighted by atomic mass is 10.5. The van der Waals surface area contributed by atoms with Crippen molar-refractivity contribution in [3.63, 3.8) is 0 Å². The molecule has 0 unspecified atom stereocenters. The second-order valence-electron chi connectivity index (χ2n) is 3.96. The van der Waals surface area contributed by atoms with Gasteiger partial charge in [0.05, 0.1) is 13.2 Å². The Hall–Kier alpha value is -0.650. The van der Waals surface area contributed by atoms with Crippen molar-refractivity contribution in [2.24, 2.45) is 0 Å². The van der Waals surface area contributed by atoms with Crippen molar-refractivity contribution in [3.05, 3.63) is 0 Å². The maximum Gasteiger partial charge on any atom is 0.332 e. The maximum atomic E-state index is 10.9. The molecule has 0 heterocycles. The summed E-state index contributed by atoms with van der Waals surface area (Å²) < 4.78 is 9.94. The number of carbonyl (C=O) groups excluding carboxylic acids is 1. The highest BCUT2D eigenvalue weighted by molar-refractivity contribution is 5.70. The van der Waals surface area contributed by atoms with Crippen LogP contribution in [0.15, 0.2) is 0 Å². The van der Waals surface area contributed by atoms with E-state index in [0.29, 0.717) is 13.2 Å². The summed E-state index contributed by atoms with van der Waals surface area (Å²) in [5, 5.41) is 0. The summed E-state index contributed by atoms with van der Waals surface area (Å²) in [5.41, 5.74) is 0. The molecule has 0 aliphatic carbocycles. The Kier molecular flexibility index (Phi) is 9.18. The number of carbonyl (C=O) groups is 1. The Morgan fingerprint density at radius 1 is 1.12 bits per heavy atom. The second-order valence-corrected chi connectivity index (χ2v) is 3.96. The molecule has 0 fully saturated rings. The molecule has 0 aliphatic rings. The summed E-state index contributed by atoms with van der Waals surface area (Å²) in [6, 6.07) is 0. The second kappa shape index (κ2) is 9.57. The predicted molar refractivity (Wildman–Crippen MR) is 63.5 cm³/mol. The van der Waals surface area contributed by atoms with Crippen molar-refractivity contribution in [2.45, 2.75) is 6.92 Å². The van der Waals surface area contributed by atoms with E-state index in [2.05, 4.69) is 9.80 Å². The zero-order chi connectivity index (χ0) is 12.4. The smallest absolute Gasteiger partial charge is 0.332 e. The zero-order valence-electron chi connectivity index (χ0n) is 10.9. The molecule has 0 aromatic rings. The Labute approximate surface area is 98.3 Å². The predicted octanol–water partition coefficient (Wildman–Crippen LogP) is 0.0595. The number of rotatable bonds is 9. The topological polar surface area (TPSA) is 42.0 Å². The van der Waals surface area contributed by atoms with E-state index in [-0.39, 0.29) is 12.6 Å². The number of hydrogen-bond donors (Lipinski definition) is 0. The van der Waals surface area contributed by atoms with Gasteiger partial charge in [0.1, 0.15) is 6.61 Å². The van der Waals surface area contributed by atoms with E-state index in [1.807, 2.05) is 21.1 Å². The van der Waals surface area contributed by atoms with E-state index in [4.69, 9.17) is 9.47 Å².